The van der Waals surface area contributed by atoms with Crippen LogP contribution in [0.2, 0.25) is 0 Å². The van der Waals surface area contributed by atoms with Crippen LogP contribution in [0, 0.1) is 0 Å². The van der Waals surface area contributed by atoms with E-state index in [1.54, 1.807) is 12.4 Å². The highest BCUT2D eigenvalue weighted by Gasteiger charge is 1.58. The molecular weight excluding hydrogens is 122 g/mol. The van der Waals surface area contributed by atoms with E-state index in [2.05, 4.69) is 4.98 Å². The second-order valence-electron chi connectivity index (χ2n) is 1.02. The quantitative estimate of drug-likeness (QED) is 0.426. The second-order valence-corrected chi connectivity index (χ2v) is 1.02. The van der Waals surface area contributed by atoms with Crippen molar-refractivity contribution in [3.05, 3.63) is 30.6 Å². The third kappa shape index (κ3) is 7.03. The zero-order valence-electron chi connectivity index (χ0n) is 4.83. The van der Waals surface area contributed by atoms with Crippen LogP contribution in [0.5, 0.6) is 0 Å². The summed E-state index contributed by atoms with van der Waals surface area (Å²) in [6, 6.07) is 5.72. The molecule has 4 nitrogen and oxygen atoms in total. The molecule has 0 spiro atoms. The summed E-state index contributed by atoms with van der Waals surface area (Å²) in [4.78, 5) is 3.78. The first-order valence-electron chi connectivity index (χ1n) is 1.85. The summed E-state index contributed by atoms with van der Waals surface area (Å²) in [6.45, 7) is 0. The minimum atomic E-state index is 0. The molecule has 0 amide bonds. The second kappa shape index (κ2) is 10.1. The van der Waals surface area contributed by atoms with Gasteiger partial charge in [-0.15, -0.1) is 0 Å². The Morgan fingerprint density at radius 2 is 1.11 bits per heavy atom. The summed E-state index contributed by atoms with van der Waals surface area (Å²) >= 11 is 0. The molecule has 0 saturated heterocycles. The van der Waals surface area contributed by atoms with E-state index in [1.165, 1.54) is 0 Å². The standard InChI is InChI=1S/C5H5N.3H2O/c1-2-4-6-5-3-1;;;/h1-5H;3*1H2. The van der Waals surface area contributed by atoms with Gasteiger partial charge < -0.3 is 16.4 Å². The number of aromatic nitrogens is 1. The minimum absolute atomic E-state index is 0. The van der Waals surface area contributed by atoms with Gasteiger partial charge >= 0.3 is 0 Å². The SMILES string of the molecule is O.O.O.c1ccncc1. The first-order valence-corrected chi connectivity index (χ1v) is 1.85. The average molecular weight is 133 g/mol. The lowest BCUT2D eigenvalue weighted by molar-refractivity contribution is 0.823. The highest BCUT2D eigenvalue weighted by atomic mass is 16.0. The molecule has 0 aliphatic carbocycles. The molecule has 0 bridgehead atoms. The summed E-state index contributed by atoms with van der Waals surface area (Å²) in [5.41, 5.74) is 0. The molecule has 0 atom stereocenters. The van der Waals surface area contributed by atoms with Crippen LogP contribution >= 0.6 is 0 Å². The summed E-state index contributed by atoms with van der Waals surface area (Å²) < 4.78 is 0. The molecule has 54 valence electrons. The van der Waals surface area contributed by atoms with Gasteiger partial charge in [-0.25, -0.2) is 0 Å². The van der Waals surface area contributed by atoms with Crippen LogP contribution in [0.1, 0.15) is 0 Å². The Balaban J connectivity index is -0.000000120. The molecule has 0 unspecified atom stereocenters. The number of hydrogen-bond donors (Lipinski definition) is 0. The molecule has 9 heavy (non-hydrogen) atoms. The van der Waals surface area contributed by atoms with E-state index < -0.39 is 0 Å². The van der Waals surface area contributed by atoms with Crippen molar-refractivity contribution < 1.29 is 16.4 Å². The third-order valence-corrected chi connectivity index (χ3v) is 0.566. The smallest absolute Gasteiger partial charge is 0.0267 e. The van der Waals surface area contributed by atoms with Gasteiger partial charge in [0.1, 0.15) is 0 Å². The maximum atomic E-state index is 3.78. The highest BCUT2D eigenvalue weighted by Crippen LogP contribution is 1.73. The van der Waals surface area contributed by atoms with Crippen molar-refractivity contribution in [1.29, 1.82) is 0 Å². The van der Waals surface area contributed by atoms with Crippen LogP contribution in [-0.4, -0.2) is 21.4 Å². The van der Waals surface area contributed by atoms with Crippen molar-refractivity contribution in [3.63, 3.8) is 0 Å². The highest BCUT2D eigenvalue weighted by molar-refractivity contribution is 4.88. The molecule has 1 aromatic heterocycles. The Labute approximate surface area is 53.1 Å². The van der Waals surface area contributed by atoms with Gasteiger partial charge in [-0.05, 0) is 12.1 Å². The van der Waals surface area contributed by atoms with Crippen LogP contribution in [0.15, 0.2) is 30.6 Å². The number of rotatable bonds is 0. The van der Waals surface area contributed by atoms with E-state index in [-0.39, 0.29) is 16.4 Å². The lowest BCUT2D eigenvalue weighted by atomic mass is 10.5. The molecule has 1 heterocycles. The molecule has 1 rings (SSSR count). The number of pyridine rings is 1. The van der Waals surface area contributed by atoms with Gasteiger partial charge in [-0.3, -0.25) is 4.98 Å². The summed E-state index contributed by atoms with van der Waals surface area (Å²) in [5, 5.41) is 0. The Bertz CT molecular complexity index is 84.1. The van der Waals surface area contributed by atoms with Crippen molar-refractivity contribution in [3.8, 4) is 0 Å². The molecule has 1 aromatic rings. The van der Waals surface area contributed by atoms with Crippen LogP contribution in [0.25, 0.3) is 0 Å². The van der Waals surface area contributed by atoms with E-state index in [0.29, 0.717) is 0 Å². The van der Waals surface area contributed by atoms with E-state index in [0.717, 1.165) is 0 Å². The van der Waals surface area contributed by atoms with Crippen molar-refractivity contribution in [2.45, 2.75) is 0 Å². The lowest BCUT2D eigenvalue weighted by Crippen LogP contribution is -1.58. The number of nitrogens with zero attached hydrogens (tertiary/aromatic N) is 1. The van der Waals surface area contributed by atoms with Crippen LogP contribution in [-0.2, 0) is 0 Å². The van der Waals surface area contributed by atoms with Crippen molar-refractivity contribution in [2.75, 3.05) is 0 Å². The fraction of sp³-hybridized carbons (Fsp3) is 0. The first-order chi connectivity index (χ1) is 3.00. The normalized spacial score (nSPS) is 5.33. The first kappa shape index (κ1) is 15.7. The van der Waals surface area contributed by atoms with Gasteiger partial charge in [0, 0.05) is 12.4 Å². The number of hydrogen-bond acceptors (Lipinski definition) is 1. The maximum absolute atomic E-state index is 3.78. The Morgan fingerprint density at radius 3 is 1.22 bits per heavy atom. The largest absolute Gasteiger partial charge is 0.412 e. The minimum Gasteiger partial charge on any atom is -0.412 e. The molecular formula is C5H11NO3. The van der Waals surface area contributed by atoms with Crippen molar-refractivity contribution in [2.24, 2.45) is 0 Å². The van der Waals surface area contributed by atoms with Gasteiger partial charge in [0.2, 0.25) is 0 Å². The zero-order chi connectivity index (χ0) is 4.24. The van der Waals surface area contributed by atoms with Crippen LogP contribution in [0.4, 0.5) is 0 Å². The van der Waals surface area contributed by atoms with E-state index in [4.69, 9.17) is 0 Å². The van der Waals surface area contributed by atoms with Gasteiger partial charge in [0.25, 0.3) is 0 Å². The molecule has 0 fully saturated rings. The predicted molar refractivity (Wildman–Crippen MR) is 35.1 cm³/mol. The Morgan fingerprint density at radius 1 is 0.667 bits per heavy atom. The van der Waals surface area contributed by atoms with Crippen LogP contribution in [0.3, 0.4) is 0 Å². The summed E-state index contributed by atoms with van der Waals surface area (Å²) in [6.07, 6.45) is 3.50. The molecule has 0 saturated carbocycles. The van der Waals surface area contributed by atoms with E-state index in [1.807, 2.05) is 18.2 Å². The monoisotopic (exact) mass is 133 g/mol. The van der Waals surface area contributed by atoms with Gasteiger partial charge in [0.15, 0.2) is 0 Å². The summed E-state index contributed by atoms with van der Waals surface area (Å²) in [7, 11) is 0. The fourth-order valence-corrected chi connectivity index (χ4v) is 0.313. The molecule has 0 aliphatic heterocycles. The topological polar surface area (TPSA) is 107 Å². The van der Waals surface area contributed by atoms with Gasteiger partial charge in [-0.1, -0.05) is 6.07 Å². The van der Waals surface area contributed by atoms with Gasteiger partial charge in [-0.2, -0.15) is 0 Å². The van der Waals surface area contributed by atoms with Crippen molar-refractivity contribution >= 4 is 0 Å². The lowest BCUT2D eigenvalue weighted by Gasteiger charge is -1.70. The molecule has 6 N–H and O–H groups in total. The van der Waals surface area contributed by atoms with Crippen molar-refractivity contribution in [1.82, 2.24) is 4.98 Å². The van der Waals surface area contributed by atoms with Gasteiger partial charge in [0.05, 0.1) is 0 Å². The third-order valence-electron chi connectivity index (χ3n) is 0.566. The van der Waals surface area contributed by atoms with Crippen LogP contribution < -0.4 is 0 Å². The fourth-order valence-electron chi connectivity index (χ4n) is 0.313. The Kier molecular flexibility index (Phi) is 17.6. The predicted octanol–water partition coefficient (Wildman–Crippen LogP) is -1.39. The summed E-state index contributed by atoms with van der Waals surface area (Å²) in [5.74, 6) is 0. The molecule has 0 radical (unpaired) electrons. The van der Waals surface area contributed by atoms with E-state index >= 15 is 0 Å². The zero-order valence-corrected chi connectivity index (χ0v) is 4.83. The maximum Gasteiger partial charge on any atom is 0.0267 e. The molecule has 4 heteroatoms. The average Bonchev–Trinajstić information content (AvgIpc) is 1.72. The molecule has 0 aromatic carbocycles. The van der Waals surface area contributed by atoms with E-state index in [9.17, 15) is 0 Å². The Hall–Kier alpha value is -0.970. The molecule has 0 aliphatic rings.